The van der Waals surface area contributed by atoms with Crippen LogP contribution >= 0.6 is 0 Å². The van der Waals surface area contributed by atoms with Crippen molar-refractivity contribution < 1.29 is 19.4 Å². The topological polar surface area (TPSA) is 70.1 Å². The van der Waals surface area contributed by atoms with Gasteiger partial charge in [-0.2, -0.15) is 0 Å². The average Bonchev–Trinajstić information content (AvgIpc) is 2.96. The minimum Gasteiger partial charge on any atom is -0.490 e. The number of anilines is 1. The molecule has 1 saturated carbocycles. The number of amides is 1. The summed E-state index contributed by atoms with van der Waals surface area (Å²) in [4.78, 5) is 30.8. The van der Waals surface area contributed by atoms with E-state index in [0.29, 0.717) is 25.3 Å². The Morgan fingerprint density at radius 3 is 2.93 bits per heavy atom. The lowest BCUT2D eigenvalue weighted by atomic mass is 9.54. The van der Waals surface area contributed by atoms with Crippen molar-refractivity contribution in [3.63, 3.8) is 0 Å². The van der Waals surface area contributed by atoms with Gasteiger partial charge in [0.2, 0.25) is 0 Å². The zero-order valence-electron chi connectivity index (χ0n) is 15.7. The molecule has 1 N–H and O–H groups in total. The van der Waals surface area contributed by atoms with Crippen LogP contribution < -0.4 is 4.90 Å². The van der Waals surface area contributed by atoms with Gasteiger partial charge in [0.1, 0.15) is 18.1 Å². The molecule has 3 fully saturated rings. The highest BCUT2D eigenvalue weighted by molar-refractivity contribution is 6.11. The van der Waals surface area contributed by atoms with Gasteiger partial charge >= 0.3 is 0 Å². The van der Waals surface area contributed by atoms with Crippen molar-refractivity contribution in [1.82, 2.24) is 4.90 Å². The zero-order chi connectivity index (χ0) is 19.3. The fourth-order valence-electron chi connectivity index (χ4n) is 6.30. The Bertz CT molecular complexity index is 998. The summed E-state index contributed by atoms with van der Waals surface area (Å²) in [6, 6.07) is 6.98. The van der Waals surface area contributed by atoms with Gasteiger partial charge in [-0.05, 0) is 43.3 Å². The number of likely N-dealkylation sites (N-methyl/N-ethyl adjacent to an activating group) is 1. The maximum atomic E-state index is 13.8. The predicted molar refractivity (Wildman–Crippen MR) is 102 cm³/mol. The van der Waals surface area contributed by atoms with Crippen molar-refractivity contribution in [2.24, 2.45) is 5.92 Å². The van der Waals surface area contributed by atoms with Gasteiger partial charge in [0.15, 0.2) is 5.60 Å². The van der Waals surface area contributed by atoms with Crippen LogP contribution in [0.3, 0.4) is 0 Å². The van der Waals surface area contributed by atoms with E-state index >= 15 is 0 Å². The van der Waals surface area contributed by atoms with Crippen molar-refractivity contribution in [2.45, 2.75) is 29.9 Å². The zero-order valence-corrected chi connectivity index (χ0v) is 15.7. The van der Waals surface area contributed by atoms with Gasteiger partial charge < -0.3 is 19.6 Å². The number of ketones is 1. The van der Waals surface area contributed by atoms with E-state index in [2.05, 4.69) is 4.90 Å². The van der Waals surface area contributed by atoms with Crippen LogP contribution in [0.15, 0.2) is 47.7 Å². The van der Waals surface area contributed by atoms with Crippen LogP contribution in [0.1, 0.15) is 18.4 Å². The molecule has 0 aromatic heterocycles. The second-order valence-electron chi connectivity index (χ2n) is 8.69. The number of nitrogens with zero attached hydrogens (tertiary/aromatic N) is 2. The molecule has 6 nitrogen and oxygen atoms in total. The van der Waals surface area contributed by atoms with Gasteiger partial charge in [0.05, 0.1) is 11.5 Å². The summed E-state index contributed by atoms with van der Waals surface area (Å²) in [5.41, 5.74) is 0.337. The van der Waals surface area contributed by atoms with Crippen molar-refractivity contribution in [3.8, 4) is 0 Å². The van der Waals surface area contributed by atoms with E-state index in [4.69, 9.17) is 4.74 Å². The Labute approximate surface area is 163 Å². The van der Waals surface area contributed by atoms with Crippen LogP contribution in [0.2, 0.25) is 0 Å². The molecule has 4 bridgehead atoms. The third-order valence-corrected chi connectivity index (χ3v) is 7.46. The van der Waals surface area contributed by atoms with Crippen LogP contribution in [-0.4, -0.2) is 60.1 Å². The average molecular weight is 378 g/mol. The highest BCUT2D eigenvalue weighted by Crippen LogP contribution is 2.61. The molecule has 144 valence electrons. The molecule has 7 rings (SSSR count). The van der Waals surface area contributed by atoms with Crippen LogP contribution in [0.4, 0.5) is 5.69 Å². The summed E-state index contributed by atoms with van der Waals surface area (Å²) in [5.74, 6) is -0.149. The molecule has 0 radical (unpaired) electrons. The standard InChI is InChI=1S/C22H22N2O4/c1-23-8-7-21-14-4-2-3-5-16(14)24-19(26)11-18-22(27,20(21)24)15(10-17(21)25)13(12-23)6-9-28-18/h2-6,11,15,20,27H,7-10,12H2,1H3. The largest absolute Gasteiger partial charge is 0.490 e. The second-order valence-corrected chi connectivity index (χ2v) is 8.69. The molecule has 2 saturated heterocycles. The Balaban J connectivity index is 1.73. The lowest BCUT2D eigenvalue weighted by Gasteiger charge is -2.55. The number of aliphatic hydroxyl groups is 1. The fourth-order valence-corrected chi connectivity index (χ4v) is 6.30. The highest BCUT2D eigenvalue weighted by atomic mass is 16.5. The van der Waals surface area contributed by atoms with Crippen molar-refractivity contribution in [1.29, 1.82) is 0 Å². The predicted octanol–water partition coefficient (Wildman–Crippen LogP) is 1.15. The SMILES string of the molecule is CN1CCC23C(=O)CC4C(=CCOC5=CC(=O)N(c6ccccc62)C3C54O)C1. The van der Waals surface area contributed by atoms with E-state index in [1.807, 2.05) is 37.4 Å². The van der Waals surface area contributed by atoms with Crippen molar-refractivity contribution in [3.05, 3.63) is 53.3 Å². The molecule has 28 heavy (non-hydrogen) atoms. The molecule has 1 amide bonds. The van der Waals surface area contributed by atoms with E-state index in [-0.39, 0.29) is 24.0 Å². The van der Waals surface area contributed by atoms with Gasteiger partial charge in [-0.15, -0.1) is 0 Å². The monoisotopic (exact) mass is 378 g/mol. The first-order valence-corrected chi connectivity index (χ1v) is 9.88. The van der Waals surface area contributed by atoms with Crippen LogP contribution in [0.5, 0.6) is 0 Å². The second kappa shape index (κ2) is 5.13. The van der Waals surface area contributed by atoms with Gasteiger partial charge in [-0.25, -0.2) is 0 Å². The Kier molecular flexibility index (Phi) is 3.02. The number of fused-ring (bicyclic) bond motifs is 6. The Hall–Kier alpha value is -2.44. The molecule has 6 heteroatoms. The van der Waals surface area contributed by atoms with Gasteiger partial charge in [-0.1, -0.05) is 18.2 Å². The normalized spacial score (nSPS) is 38.6. The van der Waals surface area contributed by atoms with Gasteiger partial charge in [0, 0.05) is 30.6 Å². The molecular weight excluding hydrogens is 356 g/mol. The molecule has 6 aliphatic rings. The lowest BCUT2D eigenvalue weighted by molar-refractivity contribution is -0.145. The Morgan fingerprint density at radius 1 is 1.25 bits per heavy atom. The van der Waals surface area contributed by atoms with Crippen molar-refractivity contribution >= 4 is 17.4 Å². The molecule has 1 aromatic rings. The molecular formula is C22H22N2O4. The summed E-state index contributed by atoms with van der Waals surface area (Å²) in [6.45, 7) is 1.72. The van der Waals surface area contributed by atoms with E-state index in [0.717, 1.165) is 23.4 Å². The van der Waals surface area contributed by atoms with E-state index in [9.17, 15) is 14.7 Å². The minimum absolute atomic E-state index is 0.124. The number of hydrogen-bond acceptors (Lipinski definition) is 5. The van der Waals surface area contributed by atoms with E-state index in [1.165, 1.54) is 6.08 Å². The maximum Gasteiger partial charge on any atom is 0.254 e. The van der Waals surface area contributed by atoms with Crippen LogP contribution in [-0.2, 0) is 19.7 Å². The summed E-state index contributed by atoms with van der Waals surface area (Å²) in [6.07, 6.45) is 4.26. The number of hydrogen-bond donors (Lipinski definition) is 1. The number of carbonyl (C=O) groups excluding carboxylic acids is 2. The lowest BCUT2D eigenvalue weighted by Crippen LogP contribution is -2.72. The number of rotatable bonds is 0. The van der Waals surface area contributed by atoms with Gasteiger partial charge in [-0.3, -0.25) is 9.59 Å². The minimum atomic E-state index is -1.39. The number of benzene rings is 1. The molecule has 1 aliphatic carbocycles. The summed E-state index contributed by atoms with van der Waals surface area (Å²) in [7, 11) is 2.05. The fraction of sp³-hybridized carbons (Fsp3) is 0.455. The van der Waals surface area contributed by atoms with E-state index < -0.39 is 17.1 Å². The maximum absolute atomic E-state index is 13.8. The van der Waals surface area contributed by atoms with Gasteiger partial charge in [0.25, 0.3) is 5.91 Å². The third kappa shape index (κ3) is 1.68. The molecule has 5 aliphatic heterocycles. The molecule has 4 atom stereocenters. The first-order valence-electron chi connectivity index (χ1n) is 9.88. The summed E-state index contributed by atoms with van der Waals surface area (Å²) >= 11 is 0. The summed E-state index contributed by atoms with van der Waals surface area (Å²) < 4.78 is 5.91. The number of para-hydroxylation sites is 1. The quantitative estimate of drug-likeness (QED) is 0.686. The first kappa shape index (κ1) is 16.5. The van der Waals surface area contributed by atoms with E-state index in [1.54, 1.807) is 4.90 Å². The van der Waals surface area contributed by atoms with Crippen LogP contribution in [0.25, 0.3) is 0 Å². The smallest absolute Gasteiger partial charge is 0.254 e. The Morgan fingerprint density at radius 2 is 2.07 bits per heavy atom. The summed E-state index contributed by atoms with van der Waals surface area (Å²) in [5, 5.41) is 12.3. The van der Waals surface area contributed by atoms with Crippen molar-refractivity contribution in [2.75, 3.05) is 31.6 Å². The molecule has 4 unspecified atom stereocenters. The highest BCUT2D eigenvalue weighted by Gasteiger charge is 2.72. The molecule has 5 heterocycles. The molecule has 1 spiro atoms. The number of ether oxygens (including phenoxy) is 1. The number of carbonyl (C=O) groups is 2. The first-order chi connectivity index (χ1) is 13.5. The number of Topliss-reactive ketones (excluding diaryl/α,β-unsaturated/α-hetero) is 1. The third-order valence-electron chi connectivity index (χ3n) is 7.46. The molecule has 1 aromatic carbocycles. The van der Waals surface area contributed by atoms with Crippen LogP contribution in [0, 0.1) is 5.92 Å².